The lowest BCUT2D eigenvalue weighted by Crippen LogP contribution is -2.18. The van der Waals surface area contributed by atoms with E-state index in [-0.39, 0.29) is 11.9 Å². The zero-order valence-corrected chi connectivity index (χ0v) is 13.4. The predicted molar refractivity (Wildman–Crippen MR) is 90.5 cm³/mol. The second-order valence-corrected chi connectivity index (χ2v) is 5.74. The number of rotatable bonds is 2. The van der Waals surface area contributed by atoms with Gasteiger partial charge in [0, 0.05) is 11.6 Å². The molecule has 0 aliphatic carbocycles. The molecule has 0 aromatic heterocycles. The second-order valence-electron chi connectivity index (χ2n) is 5.74. The van der Waals surface area contributed by atoms with E-state index in [9.17, 15) is 4.79 Å². The Balaban J connectivity index is 1.70. The Bertz CT molecular complexity index is 892. The highest BCUT2D eigenvalue weighted by Crippen LogP contribution is 2.36. The highest BCUT2D eigenvalue weighted by Gasteiger charge is 2.29. The summed E-state index contributed by atoms with van der Waals surface area (Å²) in [6.45, 7) is 1.95. The molecule has 120 valence electrons. The summed E-state index contributed by atoms with van der Waals surface area (Å²) in [7, 11) is 1.58. The number of para-hydroxylation sites is 1. The Labute approximate surface area is 140 Å². The molecule has 1 unspecified atom stereocenters. The van der Waals surface area contributed by atoms with Crippen LogP contribution < -0.4 is 14.2 Å². The molecule has 0 fully saturated rings. The highest BCUT2D eigenvalue weighted by atomic mass is 16.5. The van der Waals surface area contributed by atoms with Gasteiger partial charge in [-0.1, -0.05) is 18.2 Å². The molecule has 0 saturated carbocycles. The fourth-order valence-corrected chi connectivity index (χ4v) is 2.87. The van der Waals surface area contributed by atoms with Gasteiger partial charge in [-0.25, -0.2) is 0 Å². The van der Waals surface area contributed by atoms with Gasteiger partial charge in [-0.2, -0.15) is 0 Å². The SMILES string of the molecule is COc1ccc2c(c1)O/C(=C\C1=Cc3ccccc3OC1C)C2=O. The van der Waals surface area contributed by atoms with E-state index in [2.05, 4.69) is 0 Å². The first-order valence-electron chi connectivity index (χ1n) is 7.75. The number of methoxy groups -OCH3 is 1. The summed E-state index contributed by atoms with van der Waals surface area (Å²) in [6.07, 6.45) is 3.63. The molecule has 0 radical (unpaired) electrons. The molecule has 4 nitrogen and oxygen atoms in total. The van der Waals surface area contributed by atoms with Crippen molar-refractivity contribution in [2.45, 2.75) is 13.0 Å². The number of hydrogen-bond acceptors (Lipinski definition) is 4. The maximum Gasteiger partial charge on any atom is 0.231 e. The topological polar surface area (TPSA) is 44.8 Å². The first-order chi connectivity index (χ1) is 11.7. The summed E-state index contributed by atoms with van der Waals surface area (Å²) in [4.78, 5) is 12.5. The summed E-state index contributed by atoms with van der Waals surface area (Å²) in [6, 6.07) is 13.0. The standard InChI is InChI=1S/C20H16O4/c1-12-14(9-13-5-3-4-6-17(13)23-12)10-19-20(21)16-8-7-15(22-2)11-18(16)24-19/h3-12H,1-2H3/b19-10-. The number of Topliss-reactive ketones (excluding diaryl/α,β-unsaturated/α-hetero) is 1. The van der Waals surface area contributed by atoms with Crippen LogP contribution in [0.3, 0.4) is 0 Å². The molecular formula is C20H16O4. The molecule has 2 aliphatic heterocycles. The third kappa shape index (κ3) is 2.36. The molecule has 0 saturated heterocycles. The Kier molecular flexibility index (Phi) is 3.38. The number of benzene rings is 2. The number of hydrogen-bond donors (Lipinski definition) is 0. The Morgan fingerprint density at radius 2 is 1.96 bits per heavy atom. The molecule has 1 atom stereocenters. The van der Waals surface area contributed by atoms with Crippen LogP contribution in [0.15, 0.2) is 59.9 Å². The van der Waals surface area contributed by atoms with Crippen molar-refractivity contribution >= 4 is 11.9 Å². The van der Waals surface area contributed by atoms with E-state index in [1.807, 2.05) is 37.3 Å². The molecule has 4 heteroatoms. The first kappa shape index (κ1) is 14.6. The summed E-state index contributed by atoms with van der Waals surface area (Å²) in [5.41, 5.74) is 2.44. The Morgan fingerprint density at radius 3 is 2.79 bits per heavy atom. The summed E-state index contributed by atoms with van der Waals surface area (Å²) >= 11 is 0. The van der Waals surface area contributed by atoms with Crippen LogP contribution in [0, 0.1) is 0 Å². The maximum atomic E-state index is 12.5. The molecule has 4 rings (SSSR count). The van der Waals surface area contributed by atoms with Crippen molar-refractivity contribution in [3.8, 4) is 17.2 Å². The van der Waals surface area contributed by atoms with Gasteiger partial charge in [0.05, 0.1) is 12.7 Å². The zero-order chi connectivity index (χ0) is 16.7. The van der Waals surface area contributed by atoms with Gasteiger partial charge in [-0.05, 0) is 42.8 Å². The van der Waals surface area contributed by atoms with E-state index < -0.39 is 0 Å². The lowest BCUT2D eigenvalue weighted by molar-refractivity contribution is 0.101. The van der Waals surface area contributed by atoms with Crippen molar-refractivity contribution in [1.29, 1.82) is 0 Å². The van der Waals surface area contributed by atoms with E-state index in [0.29, 0.717) is 22.8 Å². The van der Waals surface area contributed by atoms with Crippen molar-refractivity contribution in [1.82, 2.24) is 0 Å². The molecular weight excluding hydrogens is 304 g/mol. The van der Waals surface area contributed by atoms with Crippen LogP contribution in [0.5, 0.6) is 17.2 Å². The quantitative estimate of drug-likeness (QED) is 0.784. The minimum atomic E-state index is -0.151. The largest absolute Gasteiger partial charge is 0.497 e. The van der Waals surface area contributed by atoms with Crippen LogP contribution in [-0.2, 0) is 0 Å². The summed E-state index contributed by atoms with van der Waals surface area (Å²) in [5.74, 6) is 2.21. The second kappa shape index (κ2) is 5.57. The van der Waals surface area contributed by atoms with Gasteiger partial charge >= 0.3 is 0 Å². The molecule has 0 amide bonds. The highest BCUT2D eigenvalue weighted by molar-refractivity contribution is 6.12. The molecule has 2 heterocycles. The van der Waals surface area contributed by atoms with Crippen LogP contribution in [0.2, 0.25) is 0 Å². The summed E-state index contributed by atoms with van der Waals surface area (Å²) < 4.78 is 16.8. The Hall–Kier alpha value is -3.01. The molecule has 0 N–H and O–H groups in total. The van der Waals surface area contributed by atoms with Gasteiger partial charge in [0.25, 0.3) is 0 Å². The molecule has 24 heavy (non-hydrogen) atoms. The van der Waals surface area contributed by atoms with E-state index in [1.165, 1.54) is 0 Å². The molecule has 2 aromatic rings. The minimum Gasteiger partial charge on any atom is -0.497 e. The maximum absolute atomic E-state index is 12.5. The lowest BCUT2D eigenvalue weighted by Gasteiger charge is -2.22. The van der Waals surface area contributed by atoms with E-state index >= 15 is 0 Å². The monoisotopic (exact) mass is 320 g/mol. The smallest absolute Gasteiger partial charge is 0.231 e. The van der Waals surface area contributed by atoms with Crippen LogP contribution in [0.1, 0.15) is 22.8 Å². The van der Waals surface area contributed by atoms with E-state index in [1.54, 1.807) is 31.4 Å². The number of fused-ring (bicyclic) bond motifs is 2. The third-order valence-electron chi connectivity index (χ3n) is 4.19. The van der Waals surface area contributed by atoms with Gasteiger partial charge < -0.3 is 14.2 Å². The first-order valence-corrected chi connectivity index (χ1v) is 7.75. The van der Waals surface area contributed by atoms with Crippen molar-refractivity contribution in [2.24, 2.45) is 0 Å². The molecule has 0 bridgehead atoms. The number of carbonyl (C=O) groups excluding carboxylic acids is 1. The van der Waals surface area contributed by atoms with E-state index in [0.717, 1.165) is 16.9 Å². The zero-order valence-electron chi connectivity index (χ0n) is 13.4. The van der Waals surface area contributed by atoms with Gasteiger partial charge in [0.1, 0.15) is 23.4 Å². The van der Waals surface area contributed by atoms with E-state index in [4.69, 9.17) is 14.2 Å². The fraction of sp³-hybridized carbons (Fsp3) is 0.150. The van der Waals surface area contributed by atoms with Crippen molar-refractivity contribution in [2.75, 3.05) is 7.11 Å². The van der Waals surface area contributed by atoms with Crippen LogP contribution in [0.25, 0.3) is 6.08 Å². The van der Waals surface area contributed by atoms with Gasteiger partial charge in [0.15, 0.2) is 5.76 Å². The normalized spacial score (nSPS) is 19.9. The number of carbonyl (C=O) groups is 1. The Morgan fingerprint density at radius 1 is 1.12 bits per heavy atom. The minimum absolute atomic E-state index is 0.125. The third-order valence-corrected chi connectivity index (χ3v) is 4.19. The average molecular weight is 320 g/mol. The lowest BCUT2D eigenvalue weighted by atomic mass is 10.0. The molecule has 2 aromatic carbocycles. The molecule has 0 spiro atoms. The average Bonchev–Trinajstić information content (AvgIpc) is 2.90. The number of allylic oxidation sites excluding steroid dienone is 1. The fourth-order valence-electron chi connectivity index (χ4n) is 2.87. The van der Waals surface area contributed by atoms with Crippen molar-refractivity contribution < 1.29 is 19.0 Å². The van der Waals surface area contributed by atoms with Gasteiger partial charge in [0.2, 0.25) is 5.78 Å². The van der Waals surface area contributed by atoms with Crippen LogP contribution in [0.4, 0.5) is 0 Å². The summed E-state index contributed by atoms with van der Waals surface area (Å²) in [5, 5.41) is 0. The van der Waals surface area contributed by atoms with Crippen LogP contribution >= 0.6 is 0 Å². The van der Waals surface area contributed by atoms with Crippen LogP contribution in [-0.4, -0.2) is 19.0 Å². The van der Waals surface area contributed by atoms with Gasteiger partial charge in [-0.3, -0.25) is 4.79 Å². The van der Waals surface area contributed by atoms with Crippen molar-refractivity contribution in [3.63, 3.8) is 0 Å². The van der Waals surface area contributed by atoms with Gasteiger partial charge in [-0.15, -0.1) is 0 Å². The predicted octanol–water partition coefficient (Wildman–Crippen LogP) is 4.02. The number of ketones is 1. The molecule has 2 aliphatic rings. The van der Waals surface area contributed by atoms with Crippen molar-refractivity contribution in [3.05, 3.63) is 71.0 Å². The number of ether oxygens (including phenoxy) is 3.